The van der Waals surface area contributed by atoms with E-state index in [1.165, 1.54) is 70.6 Å². The summed E-state index contributed by atoms with van der Waals surface area (Å²) in [5.74, 6) is -0.865. The predicted octanol–water partition coefficient (Wildman–Crippen LogP) is 10.6. The largest absolute Gasteiger partial charge is 0.469 e. The summed E-state index contributed by atoms with van der Waals surface area (Å²) in [5, 5.41) is 0. The molecule has 0 aliphatic rings. The smallest absolute Gasteiger partial charge is 0.462 e. The maximum absolute atomic E-state index is 12.4. The Kier molecular flexibility index (Phi) is 32.9. The van der Waals surface area contributed by atoms with Crippen LogP contribution < -0.4 is 0 Å². The van der Waals surface area contributed by atoms with Crippen molar-refractivity contribution in [2.45, 2.75) is 180 Å². The van der Waals surface area contributed by atoms with E-state index in [9.17, 15) is 18.9 Å². The SMILES string of the molecule is CCCCC/C=C\C=C\C(=O)CCCCCCCC(=O)OC[C@H](COP(=O)(O)O)OC(=O)CCCCCCCCC/C=C\CCCCCC. The summed E-state index contributed by atoms with van der Waals surface area (Å²) >= 11 is 0. The predicted molar refractivity (Wildman–Crippen MR) is 198 cm³/mol. The standard InChI is InChI=1S/C39H69O9P/c1-3-5-7-9-11-12-13-14-15-16-17-18-20-24-29-33-39(42)48-37(35-47-49(43,44)45)34-46-38(41)32-28-25-21-23-27-31-36(40)30-26-22-19-10-8-6-4-2/h12-13,19,22,26,30,37H,3-11,14-18,20-21,23-25,27-29,31-35H2,1-2H3,(H2,43,44,45)/b13-12-,22-19-,30-26+/t37-/m1/s1. The summed E-state index contributed by atoms with van der Waals surface area (Å²) in [4.78, 5) is 54.7. The fraction of sp³-hybridized carbons (Fsp3) is 0.769. The van der Waals surface area contributed by atoms with Crippen molar-refractivity contribution in [1.29, 1.82) is 0 Å². The molecular weight excluding hydrogens is 643 g/mol. The monoisotopic (exact) mass is 712 g/mol. The second-order valence-corrected chi connectivity index (χ2v) is 14.2. The van der Waals surface area contributed by atoms with E-state index < -0.39 is 32.5 Å². The van der Waals surface area contributed by atoms with Crippen LogP contribution in [0.1, 0.15) is 174 Å². The molecule has 0 saturated heterocycles. The van der Waals surface area contributed by atoms with E-state index in [1.807, 2.05) is 12.2 Å². The quantitative estimate of drug-likeness (QED) is 0.0164. The topological polar surface area (TPSA) is 136 Å². The first-order valence-electron chi connectivity index (χ1n) is 19.2. The lowest BCUT2D eigenvalue weighted by molar-refractivity contribution is -0.161. The van der Waals surface area contributed by atoms with Crippen LogP contribution in [0.4, 0.5) is 0 Å². The van der Waals surface area contributed by atoms with Crippen molar-refractivity contribution in [2.24, 2.45) is 0 Å². The Bertz CT molecular complexity index is 954. The van der Waals surface area contributed by atoms with Gasteiger partial charge in [-0.1, -0.05) is 128 Å². The Morgan fingerprint density at radius 2 is 1.04 bits per heavy atom. The molecule has 0 aromatic rings. The van der Waals surface area contributed by atoms with E-state index in [0.717, 1.165) is 57.8 Å². The first-order valence-corrected chi connectivity index (χ1v) is 20.8. The number of esters is 2. The van der Waals surface area contributed by atoms with Crippen LogP contribution >= 0.6 is 7.82 Å². The number of carbonyl (C=O) groups is 3. The molecule has 0 bridgehead atoms. The van der Waals surface area contributed by atoms with E-state index in [4.69, 9.17) is 19.3 Å². The molecular formula is C39H69O9P. The number of ketones is 1. The minimum absolute atomic E-state index is 0.118. The number of rotatable bonds is 35. The van der Waals surface area contributed by atoms with Crippen molar-refractivity contribution in [3.8, 4) is 0 Å². The first kappa shape index (κ1) is 46.9. The Morgan fingerprint density at radius 1 is 0.571 bits per heavy atom. The molecule has 49 heavy (non-hydrogen) atoms. The zero-order valence-electron chi connectivity index (χ0n) is 30.8. The summed E-state index contributed by atoms with van der Waals surface area (Å²) in [6, 6.07) is 0. The number of hydrogen-bond acceptors (Lipinski definition) is 7. The highest BCUT2D eigenvalue weighted by atomic mass is 31.2. The Hall–Kier alpha value is -2.06. The lowest BCUT2D eigenvalue weighted by Crippen LogP contribution is -2.29. The van der Waals surface area contributed by atoms with Crippen LogP contribution in [0.5, 0.6) is 0 Å². The third kappa shape index (κ3) is 37.0. The second-order valence-electron chi connectivity index (χ2n) is 12.9. The zero-order chi connectivity index (χ0) is 36.3. The summed E-state index contributed by atoms with van der Waals surface area (Å²) in [6.07, 6.45) is 35.4. The van der Waals surface area contributed by atoms with Crippen molar-refractivity contribution in [2.75, 3.05) is 13.2 Å². The van der Waals surface area contributed by atoms with Crippen LogP contribution in [-0.2, 0) is 32.9 Å². The van der Waals surface area contributed by atoms with Gasteiger partial charge in [0.05, 0.1) is 6.61 Å². The summed E-state index contributed by atoms with van der Waals surface area (Å²) in [5.41, 5.74) is 0. The summed E-state index contributed by atoms with van der Waals surface area (Å²) in [6.45, 7) is 3.50. The molecule has 0 rings (SSSR count). The van der Waals surface area contributed by atoms with E-state index in [-0.39, 0.29) is 25.2 Å². The normalized spacial score (nSPS) is 12.7. The van der Waals surface area contributed by atoms with Gasteiger partial charge in [0, 0.05) is 19.3 Å². The molecule has 0 aliphatic heterocycles. The fourth-order valence-electron chi connectivity index (χ4n) is 5.17. The van der Waals surface area contributed by atoms with Crippen LogP contribution in [0.2, 0.25) is 0 Å². The van der Waals surface area contributed by atoms with Crippen LogP contribution in [0, 0.1) is 0 Å². The van der Waals surface area contributed by atoms with Gasteiger partial charge in [-0.3, -0.25) is 18.9 Å². The van der Waals surface area contributed by atoms with Gasteiger partial charge in [0.25, 0.3) is 0 Å². The highest BCUT2D eigenvalue weighted by Gasteiger charge is 2.22. The first-order chi connectivity index (χ1) is 23.7. The third-order valence-corrected chi connectivity index (χ3v) is 8.59. The van der Waals surface area contributed by atoms with Gasteiger partial charge >= 0.3 is 19.8 Å². The molecule has 2 N–H and O–H groups in total. The van der Waals surface area contributed by atoms with Crippen LogP contribution in [-0.4, -0.2) is 46.8 Å². The number of phosphoric acid groups is 1. The number of hydrogen-bond donors (Lipinski definition) is 2. The third-order valence-electron chi connectivity index (χ3n) is 8.11. The van der Waals surface area contributed by atoms with Crippen molar-refractivity contribution in [3.63, 3.8) is 0 Å². The van der Waals surface area contributed by atoms with Gasteiger partial charge in [-0.05, 0) is 63.9 Å². The van der Waals surface area contributed by atoms with Gasteiger partial charge in [-0.15, -0.1) is 0 Å². The van der Waals surface area contributed by atoms with Crippen molar-refractivity contribution in [3.05, 3.63) is 36.5 Å². The van der Waals surface area contributed by atoms with Gasteiger partial charge in [0.2, 0.25) is 0 Å². The molecule has 0 amide bonds. The highest BCUT2D eigenvalue weighted by Crippen LogP contribution is 2.36. The summed E-state index contributed by atoms with van der Waals surface area (Å²) < 4.78 is 26.2. The van der Waals surface area contributed by atoms with Crippen molar-refractivity contribution < 1.29 is 42.7 Å². The van der Waals surface area contributed by atoms with E-state index in [2.05, 4.69) is 36.6 Å². The number of unbranched alkanes of at least 4 members (excludes halogenated alkanes) is 18. The minimum atomic E-state index is -4.78. The molecule has 0 unspecified atom stereocenters. The van der Waals surface area contributed by atoms with Gasteiger partial charge in [0.1, 0.15) is 6.61 Å². The molecule has 1 atom stereocenters. The molecule has 10 heteroatoms. The number of allylic oxidation sites excluding steroid dienone is 6. The number of carbonyl (C=O) groups excluding carboxylic acids is 3. The van der Waals surface area contributed by atoms with Gasteiger partial charge in [-0.2, -0.15) is 0 Å². The lowest BCUT2D eigenvalue weighted by Gasteiger charge is -2.18. The Balaban J connectivity index is 4.05. The van der Waals surface area contributed by atoms with Gasteiger partial charge in [-0.25, -0.2) is 4.57 Å². The minimum Gasteiger partial charge on any atom is -0.462 e. The molecule has 0 spiro atoms. The maximum atomic E-state index is 12.4. The molecule has 0 aromatic heterocycles. The average molecular weight is 713 g/mol. The van der Waals surface area contributed by atoms with Gasteiger partial charge < -0.3 is 19.3 Å². The molecule has 0 radical (unpaired) electrons. The van der Waals surface area contributed by atoms with E-state index in [0.29, 0.717) is 19.3 Å². The molecule has 0 heterocycles. The Morgan fingerprint density at radius 3 is 1.63 bits per heavy atom. The van der Waals surface area contributed by atoms with Crippen molar-refractivity contribution in [1.82, 2.24) is 0 Å². The number of phosphoric ester groups is 1. The molecule has 0 aliphatic carbocycles. The zero-order valence-corrected chi connectivity index (χ0v) is 31.7. The fourth-order valence-corrected chi connectivity index (χ4v) is 5.53. The number of ether oxygens (including phenoxy) is 2. The summed E-state index contributed by atoms with van der Waals surface area (Å²) in [7, 11) is -4.78. The van der Waals surface area contributed by atoms with Gasteiger partial charge in [0.15, 0.2) is 11.9 Å². The molecule has 0 saturated carbocycles. The molecule has 0 fully saturated rings. The van der Waals surface area contributed by atoms with E-state index >= 15 is 0 Å². The van der Waals surface area contributed by atoms with Crippen LogP contribution in [0.15, 0.2) is 36.5 Å². The lowest BCUT2D eigenvalue weighted by atomic mass is 10.1. The van der Waals surface area contributed by atoms with Crippen molar-refractivity contribution >= 4 is 25.5 Å². The second kappa shape index (κ2) is 34.4. The van der Waals surface area contributed by atoms with E-state index in [1.54, 1.807) is 6.08 Å². The van der Waals surface area contributed by atoms with Crippen LogP contribution in [0.3, 0.4) is 0 Å². The average Bonchev–Trinajstić information content (AvgIpc) is 3.06. The maximum Gasteiger partial charge on any atom is 0.469 e. The van der Waals surface area contributed by atoms with Crippen LogP contribution in [0.25, 0.3) is 0 Å². The Labute approximate surface area is 298 Å². The molecule has 9 nitrogen and oxygen atoms in total. The molecule has 0 aromatic carbocycles. The highest BCUT2D eigenvalue weighted by molar-refractivity contribution is 7.46. The molecule has 284 valence electrons.